The third kappa shape index (κ3) is 4.29. The summed E-state index contributed by atoms with van der Waals surface area (Å²) in [6.07, 6.45) is 1.00. The maximum Gasteiger partial charge on any atom is 0.311 e. The van der Waals surface area contributed by atoms with Gasteiger partial charge >= 0.3 is 5.69 Å². The molecule has 18 heavy (non-hydrogen) atoms. The van der Waals surface area contributed by atoms with Gasteiger partial charge in [0.05, 0.1) is 4.92 Å². The summed E-state index contributed by atoms with van der Waals surface area (Å²) >= 11 is 5.65. The van der Waals surface area contributed by atoms with Gasteiger partial charge in [-0.05, 0) is 18.4 Å². The molecule has 0 unspecified atom stereocenters. The highest BCUT2D eigenvalue weighted by molar-refractivity contribution is 6.29. The molecule has 1 aromatic rings. The lowest BCUT2D eigenvalue weighted by Crippen LogP contribution is -2.14. The molecule has 0 saturated carbocycles. The Bertz CT molecular complexity index is 463. The minimum Gasteiger partial charge on any atom is -0.305 e. The highest BCUT2D eigenvalue weighted by Crippen LogP contribution is 2.24. The zero-order valence-corrected chi connectivity index (χ0v) is 10.9. The van der Waals surface area contributed by atoms with E-state index in [1.165, 1.54) is 12.1 Å². The molecule has 0 fully saturated rings. The average molecular weight is 272 g/mol. The second-order valence-electron chi connectivity index (χ2n) is 4.24. The molecule has 0 spiro atoms. The van der Waals surface area contributed by atoms with Gasteiger partial charge in [0.1, 0.15) is 5.15 Å². The zero-order valence-electron chi connectivity index (χ0n) is 10.1. The van der Waals surface area contributed by atoms with Crippen LogP contribution in [0.4, 0.5) is 11.5 Å². The first-order valence-electron chi connectivity index (χ1n) is 5.51. The number of nitro groups is 1. The third-order valence-corrected chi connectivity index (χ3v) is 2.45. The fourth-order valence-corrected chi connectivity index (χ4v) is 1.43. The third-order valence-electron chi connectivity index (χ3n) is 2.24. The van der Waals surface area contributed by atoms with Crippen molar-refractivity contribution in [3.8, 4) is 0 Å². The molecule has 1 N–H and O–H groups in total. The van der Waals surface area contributed by atoms with Crippen molar-refractivity contribution >= 4 is 29.0 Å². The van der Waals surface area contributed by atoms with Crippen molar-refractivity contribution in [2.24, 2.45) is 5.92 Å². The van der Waals surface area contributed by atoms with Gasteiger partial charge in [-0.2, -0.15) is 0 Å². The standard InChI is InChI=1S/C11H14ClN3O3/c1-7(2)3-6-10(16)14-11-8(15(17)18)4-5-9(12)13-11/h4-5,7H,3,6H2,1-2H3,(H,13,14,16). The van der Waals surface area contributed by atoms with Crippen LogP contribution in [0.15, 0.2) is 12.1 Å². The molecule has 0 aliphatic heterocycles. The van der Waals surface area contributed by atoms with Gasteiger partial charge < -0.3 is 5.32 Å². The van der Waals surface area contributed by atoms with Crippen LogP contribution in [0.5, 0.6) is 0 Å². The molecule has 0 bridgehead atoms. The van der Waals surface area contributed by atoms with Crippen LogP contribution in [0.25, 0.3) is 0 Å². The number of amides is 1. The van der Waals surface area contributed by atoms with Crippen molar-refractivity contribution in [3.63, 3.8) is 0 Å². The predicted molar refractivity (Wildman–Crippen MR) is 68.6 cm³/mol. The molecule has 7 heteroatoms. The first kappa shape index (κ1) is 14.4. The van der Waals surface area contributed by atoms with Gasteiger partial charge in [0.25, 0.3) is 0 Å². The SMILES string of the molecule is CC(C)CCC(=O)Nc1nc(Cl)ccc1[N+](=O)[O-]. The molecule has 0 aliphatic rings. The Hall–Kier alpha value is -1.69. The number of anilines is 1. The Kier molecular flexibility index (Phi) is 5.03. The molecule has 0 saturated heterocycles. The van der Waals surface area contributed by atoms with Gasteiger partial charge in [0.2, 0.25) is 11.7 Å². The monoisotopic (exact) mass is 271 g/mol. The molecule has 0 atom stereocenters. The van der Waals surface area contributed by atoms with Crippen LogP contribution in [0.1, 0.15) is 26.7 Å². The molecule has 0 radical (unpaired) electrons. The summed E-state index contributed by atoms with van der Waals surface area (Å²) in [7, 11) is 0. The Morgan fingerprint density at radius 1 is 1.56 bits per heavy atom. The summed E-state index contributed by atoms with van der Waals surface area (Å²) in [5, 5.41) is 13.3. The summed E-state index contributed by atoms with van der Waals surface area (Å²) < 4.78 is 0. The number of nitrogens with zero attached hydrogens (tertiary/aromatic N) is 2. The summed E-state index contributed by atoms with van der Waals surface area (Å²) in [5.41, 5.74) is -0.266. The van der Waals surface area contributed by atoms with Crippen molar-refractivity contribution in [2.75, 3.05) is 5.32 Å². The van der Waals surface area contributed by atoms with Gasteiger partial charge in [-0.15, -0.1) is 0 Å². The largest absolute Gasteiger partial charge is 0.311 e. The molecular formula is C11H14ClN3O3. The number of halogens is 1. The van der Waals surface area contributed by atoms with Gasteiger partial charge in [0, 0.05) is 12.5 Å². The lowest BCUT2D eigenvalue weighted by molar-refractivity contribution is -0.384. The van der Waals surface area contributed by atoms with Gasteiger partial charge in [-0.3, -0.25) is 14.9 Å². The summed E-state index contributed by atoms with van der Waals surface area (Å²) in [6.45, 7) is 3.99. The predicted octanol–water partition coefficient (Wildman–Crippen LogP) is 3.02. The van der Waals surface area contributed by atoms with E-state index in [-0.39, 0.29) is 22.6 Å². The number of carbonyl (C=O) groups excluding carboxylic acids is 1. The van der Waals surface area contributed by atoms with Crippen LogP contribution in [0, 0.1) is 16.0 Å². The molecule has 6 nitrogen and oxygen atoms in total. The highest BCUT2D eigenvalue weighted by Gasteiger charge is 2.17. The van der Waals surface area contributed by atoms with E-state index >= 15 is 0 Å². The van der Waals surface area contributed by atoms with E-state index in [4.69, 9.17) is 11.6 Å². The maximum absolute atomic E-state index is 11.6. The fraction of sp³-hybridized carbons (Fsp3) is 0.455. The van der Waals surface area contributed by atoms with E-state index in [0.29, 0.717) is 18.8 Å². The molecular weight excluding hydrogens is 258 g/mol. The van der Waals surface area contributed by atoms with Crippen LogP contribution in [-0.4, -0.2) is 15.8 Å². The lowest BCUT2D eigenvalue weighted by atomic mass is 10.1. The van der Waals surface area contributed by atoms with E-state index in [9.17, 15) is 14.9 Å². The highest BCUT2D eigenvalue weighted by atomic mass is 35.5. The van der Waals surface area contributed by atoms with E-state index in [0.717, 1.165) is 0 Å². The summed E-state index contributed by atoms with van der Waals surface area (Å²) in [4.78, 5) is 25.5. The van der Waals surface area contributed by atoms with Crippen LogP contribution in [0.3, 0.4) is 0 Å². The first-order valence-corrected chi connectivity index (χ1v) is 5.88. The van der Waals surface area contributed by atoms with E-state index in [1.807, 2.05) is 13.8 Å². The maximum atomic E-state index is 11.6. The first-order chi connectivity index (χ1) is 8.40. The Labute approximate surface area is 110 Å². The topological polar surface area (TPSA) is 85.1 Å². The van der Waals surface area contributed by atoms with Gasteiger partial charge in [0.15, 0.2) is 0 Å². The Morgan fingerprint density at radius 2 is 2.22 bits per heavy atom. The normalized spacial score (nSPS) is 10.4. The summed E-state index contributed by atoms with van der Waals surface area (Å²) in [5.74, 6) is -0.0270. The number of pyridine rings is 1. The van der Waals surface area contributed by atoms with Gasteiger partial charge in [-0.1, -0.05) is 25.4 Å². The molecule has 1 rings (SSSR count). The fourth-order valence-electron chi connectivity index (χ4n) is 1.28. The van der Waals surface area contributed by atoms with Crippen LogP contribution in [0.2, 0.25) is 5.15 Å². The van der Waals surface area contributed by atoms with Crippen molar-refractivity contribution in [1.82, 2.24) is 4.98 Å². The molecule has 1 heterocycles. The zero-order chi connectivity index (χ0) is 13.7. The van der Waals surface area contributed by atoms with Crippen molar-refractivity contribution in [2.45, 2.75) is 26.7 Å². The van der Waals surface area contributed by atoms with Crippen molar-refractivity contribution < 1.29 is 9.72 Å². The molecule has 98 valence electrons. The van der Waals surface area contributed by atoms with Crippen LogP contribution < -0.4 is 5.32 Å². The van der Waals surface area contributed by atoms with E-state index in [2.05, 4.69) is 10.3 Å². The molecule has 1 aromatic heterocycles. The lowest BCUT2D eigenvalue weighted by Gasteiger charge is -2.06. The van der Waals surface area contributed by atoms with E-state index in [1.54, 1.807) is 0 Å². The Morgan fingerprint density at radius 3 is 2.78 bits per heavy atom. The molecule has 0 aliphatic carbocycles. The quantitative estimate of drug-likeness (QED) is 0.507. The van der Waals surface area contributed by atoms with Gasteiger partial charge in [-0.25, -0.2) is 4.98 Å². The van der Waals surface area contributed by atoms with Crippen molar-refractivity contribution in [3.05, 3.63) is 27.4 Å². The van der Waals surface area contributed by atoms with Crippen LogP contribution >= 0.6 is 11.6 Å². The second kappa shape index (κ2) is 6.30. The molecule has 1 amide bonds. The minimum atomic E-state index is -0.610. The minimum absolute atomic E-state index is 0.0970. The van der Waals surface area contributed by atoms with Crippen molar-refractivity contribution in [1.29, 1.82) is 0 Å². The smallest absolute Gasteiger partial charge is 0.305 e. The number of rotatable bonds is 5. The molecule has 0 aromatic carbocycles. The number of hydrogen-bond donors (Lipinski definition) is 1. The summed E-state index contributed by atoms with van der Waals surface area (Å²) in [6, 6.07) is 2.52. The number of hydrogen-bond acceptors (Lipinski definition) is 4. The number of nitrogens with one attached hydrogen (secondary N) is 1. The average Bonchev–Trinajstić information content (AvgIpc) is 2.26. The van der Waals surface area contributed by atoms with E-state index < -0.39 is 4.92 Å². The Balaban J connectivity index is 2.79. The number of carbonyl (C=O) groups is 1. The van der Waals surface area contributed by atoms with Crippen LogP contribution in [-0.2, 0) is 4.79 Å². The second-order valence-corrected chi connectivity index (χ2v) is 4.63. The number of aromatic nitrogens is 1.